The molecule has 1 aliphatic rings. The summed E-state index contributed by atoms with van der Waals surface area (Å²) in [5, 5.41) is 3.47. The van der Waals surface area contributed by atoms with Gasteiger partial charge in [0.15, 0.2) is 0 Å². The van der Waals surface area contributed by atoms with Crippen molar-refractivity contribution < 1.29 is 4.74 Å². The van der Waals surface area contributed by atoms with Crippen LogP contribution in [0.1, 0.15) is 42.0 Å². The van der Waals surface area contributed by atoms with Gasteiger partial charge >= 0.3 is 0 Å². The van der Waals surface area contributed by atoms with Gasteiger partial charge in [0.05, 0.1) is 6.10 Å². The molecule has 0 radical (unpaired) electrons. The lowest BCUT2D eigenvalue weighted by atomic mass is 9.98. The molecule has 0 spiro atoms. The van der Waals surface area contributed by atoms with E-state index in [4.69, 9.17) is 4.74 Å². The average Bonchev–Trinajstić information content (AvgIpc) is 2.48. The molecule has 0 aromatic heterocycles. The second-order valence-corrected chi connectivity index (χ2v) is 6.41. The quantitative estimate of drug-likeness (QED) is 0.871. The molecule has 3 nitrogen and oxygen atoms in total. The number of aryl methyl sites for hydroxylation is 2. The van der Waals surface area contributed by atoms with Crippen molar-refractivity contribution in [2.24, 2.45) is 0 Å². The zero-order valence-corrected chi connectivity index (χ0v) is 14.0. The van der Waals surface area contributed by atoms with Crippen molar-refractivity contribution in [3.05, 3.63) is 34.9 Å². The van der Waals surface area contributed by atoms with Crippen LogP contribution in [0.3, 0.4) is 0 Å². The highest BCUT2D eigenvalue weighted by atomic mass is 16.5. The van der Waals surface area contributed by atoms with Crippen LogP contribution >= 0.6 is 0 Å². The predicted octanol–water partition coefficient (Wildman–Crippen LogP) is 3.06. The standard InChI is InChI=1S/C18H30N2O/c1-14-8-9-15(2)17(11-14)18(19-3)13-20(4)12-16-7-5-6-10-21-16/h8-9,11,16,18-19H,5-7,10,12-13H2,1-4H3. The van der Waals surface area contributed by atoms with Crippen LogP contribution in [0, 0.1) is 13.8 Å². The molecule has 1 aromatic rings. The first-order valence-electron chi connectivity index (χ1n) is 8.14. The molecule has 0 bridgehead atoms. The molecule has 2 atom stereocenters. The summed E-state index contributed by atoms with van der Waals surface area (Å²) in [5.41, 5.74) is 4.10. The first-order chi connectivity index (χ1) is 10.1. The Labute approximate surface area is 129 Å². The smallest absolute Gasteiger partial charge is 0.0701 e. The van der Waals surface area contributed by atoms with E-state index in [1.807, 2.05) is 0 Å². The highest BCUT2D eigenvalue weighted by Crippen LogP contribution is 2.21. The molecule has 0 aliphatic carbocycles. The molecule has 2 unspecified atom stereocenters. The van der Waals surface area contributed by atoms with Crippen molar-refractivity contribution in [1.82, 2.24) is 10.2 Å². The maximum Gasteiger partial charge on any atom is 0.0701 e. The van der Waals surface area contributed by atoms with E-state index in [2.05, 4.69) is 56.4 Å². The molecule has 1 heterocycles. The van der Waals surface area contributed by atoms with Crippen LogP contribution in [-0.4, -0.2) is 44.8 Å². The van der Waals surface area contributed by atoms with Gasteiger partial charge in [-0.05, 0) is 58.3 Å². The van der Waals surface area contributed by atoms with Gasteiger partial charge in [-0.1, -0.05) is 23.8 Å². The van der Waals surface area contributed by atoms with Crippen LogP contribution in [0.4, 0.5) is 0 Å². The molecule has 1 N–H and O–H groups in total. The van der Waals surface area contributed by atoms with Gasteiger partial charge in [0, 0.05) is 25.7 Å². The SMILES string of the molecule is CNC(CN(C)CC1CCCCO1)c1cc(C)ccc1C. The molecule has 1 fully saturated rings. The van der Waals surface area contributed by atoms with E-state index in [-0.39, 0.29) is 0 Å². The molecule has 1 aromatic carbocycles. The zero-order valence-electron chi connectivity index (χ0n) is 14.0. The predicted molar refractivity (Wildman–Crippen MR) is 88.8 cm³/mol. The molecule has 1 saturated heterocycles. The number of likely N-dealkylation sites (N-methyl/N-ethyl adjacent to an activating group) is 2. The van der Waals surface area contributed by atoms with Crippen molar-refractivity contribution in [2.45, 2.75) is 45.3 Å². The minimum absolute atomic E-state index is 0.374. The van der Waals surface area contributed by atoms with Crippen LogP contribution in [-0.2, 0) is 4.74 Å². The Morgan fingerprint density at radius 3 is 2.81 bits per heavy atom. The first kappa shape index (κ1) is 16.5. The third-order valence-corrected chi connectivity index (χ3v) is 4.44. The van der Waals surface area contributed by atoms with E-state index in [0.717, 1.165) is 19.7 Å². The first-order valence-corrected chi connectivity index (χ1v) is 8.14. The average molecular weight is 290 g/mol. The summed E-state index contributed by atoms with van der Waals surface area (Å²) in [6.45, 7) is 7.34. The van der Waals surface area contributed by atoms with Crippen LogP contribution in [0.15, 0.2) is 18.2 Å². The Morgan fingerprint density at radius 2 is 2.14 bits per heavy atom. The molecule has 3 heteroatoms. The minimum atomic E-state index is 0.374. The fourth-order valence-electron chi connectivity index (χ4n) is 3.17. The second-order valence-electron chi connectivity index (χ2n) is 6.41. The molecular weight excluding hydrogens is 260 g/mol. The van der Waals surface area contributed by atoms with E-state index < -0.39 is 0 Å². The Hall–Kier alpha value is -0.900. The Kier molecular flexibility index (Phi) is 6.22. The lowest BCUT2D eigenvalue weighted by molar-refractivity contribution is -0.00255. The van der Waals surface area contributed by atoms with Crippen LogP contribution < -0.4 is 5.32 Å². The van der Waals surface area contributed by atoms with Gasteiger partial charge in [-0.15, -0.1) is 0 Å². The summed E-state index contributed by atoms with van der Waals surface area (Å²) in [6, 6.07) is 7.09. The van der Waals surface area contributed by atoms with Gasteiger partial charge in [0.2, 0.25) is 0 Å². The van der Waals surface area contributed by atoms with Gasteiger partial charge in [-0.25, -0.2) is 0 Å². The Bertz CT molecular complexity index is 441. The Balaban J connectivity index is 1.96. The van der Waals surface area contributed by atoms with Crippen LogP contribution in [0.25, 0.3) is 0 Å². The topological polar surface area (TPSA) is 24.5 Å². The minimum Gasteiger partial charge on any atom is -0.377 e. The van der Waals surface area contributed by atoms with Crippen molar-refractivity contribution >= 4 is 0 Å². The molecule has 0 saturated carbocycles. The molecular formula is C18H30N2O. The summed E-state index contributed by atoms with van der Waals surface area (Å²) < 4.78 is 5.85. The third kappa shape index (κ3) is 4.80. The summed E-state index contributed by atoms with van der Waals surface area (Å²) in [4.78, 5) is 2.40. The second kappa shape index (κ2) is 7.92. The maximum atomic E-state index is 5.85. The fraction of sp³-hybridized carbons (Fsp3) is 0.667. The van der Waals surface area contributed by atoms with Gasteiger partial charge in [-0.3, -0.25) is 0 Å². The summed E-state index contributed by atoms with van der Waals surface area (Å²) in [5.74, 6) is 0. The number of ether oxygens (including phenoxy) is 1. The lowest BCUT2D eigenvalue weighted by Gasteiger charge is -2.30. The number of nitrogens with one attached hydrogen (secondary N) is 1. The van der Waals surface area contributed by atoms with Crippen molar-refractivity contribution in [2.75, 3.05) is 33.8 Å². The largest absolute Gasteiger partial charge is 0.377 e. The monoisotopic (exact) mass is 290 g/mol. The number of benzene rings is 1. The van der Waals surface area contributed by atoms with E-state index >= 15 is 0 Å². The van der Waals surface area contributed by atoms with Crippen molar-refractivity contribution in [3.63, 3.8) is 0 Å². The maximum absolute atomic E-state index is 5.85. The summed E-state index contributed by atoms with van der Waals surface area (Å²) in [6.07, 6.45) is 4.16. The Morgan fingerprint density at radius 1 is 1.33 bits per heavy atom. The lowest BCUT2D eigenvalue weighted by Crippen LogP contribution is -2.38. The van der Waals surface area contributed by atoms with Gasteiger partial charge < -0.3 is 15.0 Å². The van der Waals surface area contributed by atoms with Crippen molar-refractivity contribution in [1.29, 1.82) is 0 Å². The molecule has 0 amide bonds. The summed E-state index contributed by atoms with van der Waals surface area (Å²) >= 11 is 0. The number of hydrogen-bond donors (Lipinski definition) is 1. The van der Waals surface area contributed by atoms with Gasteiger partial charge in [0.25, 0.3) is 0 Å². The third-order valence-electron chi connectivity index (χ3n) is 4.44. The molecule has 2 rings (SSSR count). The van der Waals surface area contributed by atoms with Crippen molar-refractivity contribution in [3.8, 4) is 0 Å². The van der Waals surface area contributed by atoms with Gasteiger partial charge in [0.1, 0.15) is 0 Å². The van der Waals surface area contributed by atoms with E-state index in [9.17, 15) is 0 Å². The highest BCUT2D eigenvalue weighted by Gasteiger charge is 2.19. The van der Waals surface area contributed by atoms with Crippen LogP contribution in [0.5, 0.6) is 0 Å². The van der Waals surface area contributed by atoms with E-state index in [0.29, 0.717) is 12.1 Å². The zero-order chi connectivity index (χ0) is 15.2. The number of hydrogen-bond acceptors (Lipinski definition) is 3. The molecule has 1 aliphatic heterocycles. The fourth-order valence-corrected chi connectivity index (χ4v) is 3.17. The number of nitrogens with zero attached hydrogens (tertiary/aromatic N) is 1. The van der Waals surface area contributed by atoms with E-state index in [1.165, 1.54) is 36.0 Å². The molecule has 118 valence electrons. The van der Waals surface area contributed by atoms with Crippen LogP contribution in [0.2, 0.25) is 0 Å². The van der Waals surface area contributed by atoms with Gasteiger partial charge in [-0.2, -0.15) is 0 Å². The molecule has 21 heavy (non-hydrogen) atoms. The normalized spacial score (nSPS) is 20.7. The number of rotatable bonds is 6. The van der Waals surface area contributed by atoms with E-state index in [1.54, 1.807) is 0 Å². The summed E-state index contributed by atoms with van der Waals surface area (Å²) in [7, 11) is 4.25. The highest BCUT2D eigenvalue weighted by molar-refractivity contribution is 5.33.